The van der Waals surface area contributed by atoms with Gasteiger partial charge in [0.15, 0.2) is 0 Å². The monoisotopic (exact) mass is 962 g/mol. The van der Waals surface area contributed by atoms with E-state index in [0.29, 0.717) is 0 Å². The van der Waals surface area contributed by atoms with Gasteiger partial charge in [-0.2, -0.15) is 0 Å². The van der Waals surface area contributed by atoms with Crippen LogP contribution in [0.15, 0.2) is 96.1 Å². The Labute approximate surface area is 362 Å². The summed E-state index contributed by atoms with van der Waals surface area (Å²) in [6.45, 7) is 14.0. The van der Waals surface area contributed by atoms with Crippen LogP contribution in [-0.2, 0) is 30.8 Å². The molecular weight excluding hydrogens is 898 g/mol. The van der Waals surface area contributed by atoms with Gasteiger partial charge in [-0.3, -0.25) is 0 Å². The van der Waals surface area contributed by atoms with Crippen LogP contribution in [0.1, 0.15) is 159 Å². The van der Waals surface area contributed by atoms with E-state index in [1.807, 2.05) is 11.1 Å². The molecule has 3 heteroatoms. The van der Waals surface area contributed by atoms with Crippen molar-refractivity contribution in [2.24, 2.45) is 11.8 Å². The Hall–Kier alpha value is -2.19. The fraction of sp³-hybridized carbons (Fsp3) is 0.481. The standard InChI is InChI=1S/2C24H27.C6H10.2ClH.Hf/c2*1-24(2,3)21-13-11-18(12-14-21)22-10-6-9-19-15-20(16-23(19)22)17-7-4-5-8-17;1-2-4-6-5-3-1;;;/h2*6,9-17H,4-5,7-8H2,1-3H3;1-2H,3-6H2;2*1H;/q;;;;;+2/p-2. The first-order valence-corrected chi connectivity index (χ1v) is 30.8. The van der Waals surface area contributed by atoms with Crippen LogP contribution in [0.5, 0.6) is 0 Å². The fourth-order valence-corrected chi connectivity index (χ4v) is 48.8. The number of fused-ring (bicyclic) bond motifs is 3. The third kappa shape index (κ3) is 6.89. The van der Waals surface area contributed by atoms with E-state index in [-0.39, 0.29) is 35.6 Å². The van der Waals surface area contributed by atoms with E-state index in [4.69, 9.17) is 0 Å². The molecule has 1 saturated heterocycles. The van der Waals surface area contributed by atoms with E-state index in [9.17, 15) is 0 Å². The van der Waals surface area contributed by atoms with Gasteiger partial charge in [0.05, 0.1) is 0 Å². The van der Waals surface area contributed by atoms with Crippen molar-refractivity contribution in [1.82, 2.24) is 0 Å². The van der Waals surface area contributed by atoms with E-state index in [1.165, 1.54) is 110 Å². The number of hydrogen-bond donors (Lipinski definition) is 0. The minimum absolute atomic E-state index is 0. The minimum Gasteiger partial charge on any atom is -1.00 e. The van der Waals surface area contributed by atoms with Crippen LogP contribution in [0.25, 0.3) is 34.4 Å². The predicted molar refractivity (Wildman–Crippen MR) is 232 cm³/mol. The van der Waals surface area contributed by atoms with Gasteiger partial charge in [-0.05, 0) is 0 Å². The quantitative estimate of drug-likeness (QED) is 0.169. The number of halogens is 2. The normalized spacial score (nSPS) is 25.7. The number of allylic oxidation sites excluding steroid dienone is 2. The van der Waals surface area contributed by atoms with Crippen LogP contribution in [0.2, 0.25) is 7.35 Å². The molecule has 0 bridgehead atoms. The minimum atomic E-state index is -3.36. The summed E-state index contributed by atoms with van der Waals surface area (Å²) in [7, 11) is 0. The van der Waals surface area contributed by atoms with Crippen molar-refractivity contribution in [3.05, 3.63) is 129 Å². The maximum atomic E-state index is 2.84. The van der Waals surface area contributed by atoms with Gasteiger partial charge in [-0.15, -0.1) is 0 Å². The van der Waals surface area contributed by atoms with Gasteiger partial charge < -0.3 is 24.8 Å². The van der Waals surface area contributed by atoms with Crippen molar-refractivity contribution < 1.29 is 44.8 Å². The SMILES string of the molecule is CC(C)(C)c1ccc(-c2cccc3c2C=C(C2CCCC2)[CH]3[Hf+2]2([CH]3C(C4CCCC4)=Cc4c(-c5ccc(C(C)(C)C)cc5)cccc43)[CH]3CCCC[CH]32)cc1.[Cl-].[Cl-]. The Bertz CT molecular complexity index is 2010. The van der Waals surface area contributed by atoms with Crippen LogP contribution in [0, 0.1) is 11.8 Å². The Balaban J connectivity index is 0.00000228. The van der Waals surface area contributed by atoms with Gasteiger partial charge >= 0.3 is 340 Å². The molecule has 298 valence electrons. The Morgan fingerprint density at radius 3 is 1.14 bits per heavy atom. The summed E-state index contributed by atoms with van der Waals surface area (Å²) in [5.74, 6) is 1.56. The predicted octanol–water partition coefficient (Wildman–Crippen LogP) is 9.90. The first kappa shape index (κ1) is 41.5. The van der Waals surface area contributed by atoms with Crippen molar-refractivity contribution in [3.8, 4) is 22.3 Å². The van der Waals surface area contributed by atoms with Crippen molar-refractivity contribution in [3.63, 3.8) is 0 Å². The molecule has 4 aromatic carbocycles. The summed E-state index contributed by atoms with van der Waals surface area (Å²) in [4.78, 5) is 0. The summed E-state index contributed by atoms with van der Waals surface area (Å²) >= 11 is -3.36. The number of benzene rings is 4. The zero-order valence-electron chi connectivity index (χ0n) is 35.4. The first-order chi connectivity index (χ1) is 26.5. The molecule has 57 heavy (non-hydrogen) atoms. The van der Waals surface area contributed by atoms with E-state index in [0.717, 1.165) is 26.5 Å². The van der Waals surface area contributed by atoms with Gasteiger partial charge in [0.1, 0.15) is 0 Å². The second-order valence-corrected chi connectivity index (χ2v) is 37.5. The van der Waals surface area contributed by atoms with Gasteiger partial charge in [0.2, 0.25) is 0 Å². The summed E-state index contributed by atoms with van der Waals surface area (Å²) in [6, 6.07) is 34.5. The Morgan fingerprint density at radius 1 is 0.439 bits per heavy atom. The van der Waals surface area contributed by atoms with E-state index >= 15 is 0 Å². The number of hydrogen-bond acceptors (Lipinski definition) is 0. The maximum Gasteiger partial charge on any atom is -1.00 e. The number of rotatable bonds is 6. The Kier molecular flexibility index (Phi) is 11.4. The van der Waals surface area contributed by atoms with E-state index in [1.54, 1.807) is 22.3 Å². The molecule has 1 aliphatic heterocycles. The summed E-state index contributed by atoms with van der Waals surface area (Å²) < 4.78 is 3.55. The molecule has 0 N–H and O–H groups in total. The van der Waals surface area contributed by atoms with Crippen LogP contribution in [0.3, 0.4) is 0 Å². The summed E-state index contributed by atoms with van der Waals surface area (Å²) in [5, 5.41) is 0. The van der Waals surface area contributed by atoms with Gasteiger partial charge in [-0.25, -0.2) is 0 Å². The molecule has 1 heterocycles. The topological polar surface area (TPSA) is 0 Å². The average molecular weight is 963 g/mol. The van der Waals surface area contributed by atoms with Crippen LogP contribution < -0.4 is 24.8 Å². The zero-order valence-corrected chi connectivity index (χ0v) is 40.5. The summed E-state index contributed by atoms with van der Waals surface area (Å²) in [6.07, 6.45) is 23.0. The summed E-state index contributed by atoms with van der Waals surface area (Å²) in [5.41, 5.74) is 19.6. The molecule has 3 saturated carbocycles. The van der Waals surface area contributed by atoms with Crippen molar-refractivity contribution in [2.75, 3.05) is 0 Å². The van der Waals surface area contributed by atoms with Crippen molar-refractivity contribution in [1.29, 1.82) is 0 Å². The second-order valence-electron chi connectivity index (χ2n) is 20.9. The van der Waals surface area contributed by atoms with Crippen molar-refractivity contribution in [2.45, 2.75) is 144 Å². The van der Waals surface area contributed by atoms with Crippen LogP contribution in [0.4, 0.5) is 0 Å². The molecule has 0 aromatic heterocycles. The smallest absolute Gasteiger partial charge is 1.00 e. The first-order valence-electron chi connectivity index (χ1n) is 22.5. The molecule has 4 fully saturated rings. The third-order valence-electron chi connectivity index (χ3n) is 15.9. The molecule has 4 atom stereocenters. The molecule has 0 nitrogen and oxygen atoms in total. The molecule has 6 aliphatic rings. The molecule has 4 unspecified atom stereocenters. The van der Waals surface area contributed by atoms with Crippen LogP contribution >= 0.6 is 0 Å². The van der Waals surface area contributed by atoms with Gasteiger partial charge in [-0.1, -0.05) is 0 Å². The maximum absolute atomic E-state index is 3.36. The third-order valence-corrected chi connectivity index (χ3v) is 40.5. The average Bonchev–Trinajstić information content (AvgIpc) is 3.85. The second kappa shape index (κ2) is 15.7. The molecule has 4 aromatic rings. The van der Waals surface area contributed by atoms with Crippen LogP contribution in [-0.4, -0.2) is 0 Å². The molecule has 5 aliphatic carbocycles. The zero-order chi connectivity index (χ0) is 37.7. The van der Waals surface area contributed by atoms with Gasteiger partial charge in [0, 0.05) is 0 Å². The molecule has 10 rings (SSSR count). The Morgan fingerprint density at radius 2 is 0.789 bits per heavy atom. The molecule has 0 amide bonds. The molecule has 0 spiro atoms. The van der Waals surface area contributed by atoms with Gasteiger partial charge in [0.25, 0.3) is 0 Å². The van der Waals surface area contributed by atoms with Crippen molar-refractivity contribution >= 4 is 12.2 Å². The largest absolute Gasteiger partial charge is 1.00 e. The molecule has 0 radical (unpaired) electrons. The molecular formula is C54H64Cl2Hf. The fourth-order valence-electron chi connectivity index (χ4n) is 13.2. The van der Waals surface area contributed by atoms with E-state index in [2.05, 4.69) is 139 Å². The van der Waals surface area contributed by atoms with E-state index < -0.39 is 20.0 Å².